The number of carbonyl (C=O) groups is 2. The van der Waals surface area contributed by atoms with Crippen LogP contribution in [0.4, 0.5) is 0 Å². The topological polar surface area (TPSA) is 78.8 Å². The van der Waals surface area contributed by atoms with Crippen LogP contribution in [-0.4, -0.2) is 28.4 Å². The molecule has 124 valence electrons. The first-order chi connectivity index (χ1) is 11.5. The van der Waals surface area contributed by atoms with Crippen molar-refractivity contribution in [2.24, 2.45) is 5.10 Å². The molecule has 24 heavy (non-hydrogen) atoms. The van der Waals surface area contributed by atoms with Crippen LogP contribution < -0.4 is 5.43 Å². The lowest BCUT2D eigenvalue weighted by molar-refractivity contribution is -0.120. The third-order valence-electron chi connectivity index (χ3n) is 3.04. The fourth-order valence-corrected chi connectivity index (χ4v) is 2.73. The molecule has 2 aromatic rings. The van der Waals surface area contributed by atoms with Crippen LogP contribution >= 0.6 is 23.4 Å². The smallest absolute Gasteiger partial charge is 0.335 e. The Morgan fingerprint density at radius 1 is 1.17 bits per heavy atom. The molecule has 2 N–H and O–H groups in total. The van der Waals surface area contributed by atoms with E-state index in [4.69, 9.17) is 16.7 Å². The largest absolute Gasteiger partial charge is 0.478 e. The number of hydrogen-bond acceptors (Lipinski definition) is 4. The fourth-order valence-electron chi connectivity index (χ4n) is 1.74. The normalized spacial score (nSPS) is 12.1. The van der Waals surface area contributed by atoms with Crippen LogP contribution in [0.1, 0.15) is 22.8 Å². The molecule has 0 aromatic heterocycles. The van der Waals surface area contributed by atoms with Crippen molar-refractivity contribution in [3.8, 4) is 0 Å². The van der Waals surface area contributed by atoms with Crippen LogP contribution in [0.25, 0.3) is 0 Å². The number of thioether (sulfide) groups is 1. The number of benzene rings is 2. The Morgan fingerprint density at radius 3 is 2.38 bits per heavy atom. The Balaban J connectivity index is 1.87. The van der Waals surface area contributed by atoms with Gasteiger partial charge in [0.05, 0.1) is 17.0 Å². The minimum atomic E-state index is -0.986. The SMILES string of the molecule is C[C@H](Sc1ccc(Cl)cc1)C(=O)N/N=C\c1ccc(C(=O)O)cc1. The Labute approximate surface area is 148 Å². The van der Waals surface area contributed by atoms with E-state index in [1.807, 2.05) is 12.1 Å². The van der Waals surface area contributed by atoms with Crippen molar-refractivity contribution >= 4 is 41.5 Å². The molecule has 0 unspecified atom stereocenters. The van der Waals surface area contributed by atoms with E-state index in [1.54, 1.807) is 31.2 Å². The molecule has 2 rings (SSSR count). The summed E-state index contributed by atoms with van der Waals surface area (Å²) in [4.78, 5) is 23.7. The lowest BCUT2D eigenvalue weighted by atomic mass is 10.1. The summed E-state index contributed by atoms with van der Waals surface area (Å²) in [5.74, 6) is -1.21. The van der Waals surface area contributed by atoms with E-state index in [0.717, 1.165) is 4.90 Å². The molecule has 0 saturated carbocycles. The molecule has 0 bridgehead atoms. The predicted octanol–water partition coefficient (Wildman–Crippen LogP) is 3.67. The van der Waals surface area contributed by atoms with E-state index < -0.39 is 5.97 Å². The Bertz CT molecular complexity index is 745. The molecule has 5 nitrogen and oxygen atoms in total. The van der Waals surface area contributed by atoms with Crippen molar-refractivity contribution < 1.29 is 14.7 Å². The van der Waals surface area contributed by atoms with Crippen molar-refractivity contribution in [2.75, 3.05) is 0 Å². The number of hydrazone groups is 1. The first-order valence-corrected chi connectivity index (χ1v) is 8.30. The Morgan fingerprint density at radius 2 is 1.79 bits per heavy atom. The van der Waals surface area contributed by atoms with Gasteiger partial charge in [0.2, 0.25) is 0 Å². The zero-order valence-electron chi connectivity index (χ0n) is 12.8. The molecule has 7 heteroatoms. The van der Waals surface area contributed by atoms with E-state index in [9.17, 15) is 9.59 Å². The highest BCUT2D eigenvalue weighted by atomic mass is 35.5. The van der Waals surface area contributed by atoms with Crippen molar-refractivity contribution in [2.45, 2.75) is 17.1 Å². The van der Waals surface area contributed by atoms with Crippen LogP contribution in [-0.2, 0) is 4.79 Å². The maximum Gasteiger partial charge on any atom is 0.335 e. The summed E-state index contributed by atoms with van der Waals surface area (Å²) in [7, 11) is 0. The summed E-state index contributed by atoms with van der Waals surface area (Å²) in [6.45, 7) is 1.78. The van der Waals surface area contributed by atoms with E-state index in [2.05, 4.69) is 10.5 Å². The van der Waals surface area contributed by atoms with Crippen molar-refractivity contribution in [3.05, 3.63) is 64.7 Å². The quantitative estimate of drug-likeness (QED) is 0.467. The third kappa shape index (κ3) is 5.40. The first kappa shape index (κ1) is 18.0. The number of nitrogens with one attached hydrogen (secondary N) is 1. The number of hydrogen-bond donors (Lipinski definition) is 2. The molecule has 0 radical (unpaired) electrons. The summed E-state index contributed by atoms with van der Waals surface area (Å²) >= 11 is 7.23. The van der Waals surface area contributed by atoms with Gasteiger partial charge in [-0.3, -0.25) is 4.79 Å². The summed E-state index contributed by atoms with van der Waals surface area (Å²) < 4.78 is 0. The minimum absolute atomic E-state index is 0.198. The Kier molecular flexibility index (Phi) is 6.40. The summed E-state index contributed by atoms with van der Waals surface area (Å²) in [5.41, 5.74) is 3.36. The van der Waals surface area contributed by atoms with E-state index >= 15 is 0 Å². The molecule has 0 saturated heterocycles. The average molecular weight is 363 g/mol. The van der Waals surface area contributed by atoms with Gasteiger partial charge in [0, 0.05) is 9.92 Å². The van der Waals surface area contributed by atoms with E-state index in [0.29, 0.717) is 10.6 Å². The molecule has 0 aliphatic heterocycles. The van der Waals surface area contributed by atoms with Crippen LogP contribution in [0.15, 0.2) is 58.5 Å². The second kappa shape index (κ2) is 8.52. The molecule has 1 amide bonds. The molecule has 0 spiro atoms. The van der Waals surface area contributed by atoms with Gasteiger partial charge in [0.25, 0.3) is 5.91 Å². The molecule has 0 aliphatic rings. The highest BCUT2D eigenvalue weighted by Crippen LogP contribution is 2.24. The number of nitrogens with zero attached hydrogens (tertiary/aromatic N) is 1. The fraction of sp³-hybridized carbons (Fsp3) is 0.118. The van der Waals surface area contributed by atoms with Gasteiger partial charge in [-0.15, -0.1) is 11.8 Å². The molecule has 1 atom stereocenters. The van der Waals surface area contributed by atoms with Crippen LogP contribution in [0, 0.1) is 0 Å². The summed E-state index contributed by atoms with van der Waals surface area (Å²) in [6.07, 6.45) is 1.46. The van der Waals surface area contributed by atoms with E-state index in [1.165, 1.54) is 30.1 Å². The number of amides is 1. The van der Waals surface area contributed by atoms with Crippen molar-refractivity contribution in [1.82, 2.24) is 5.43 Å². The molecular weight excluding hydrogens is 348 g/mol. The van der Waals surface area contributed by atoms with Crippen molar-refractivity contribution in [1.29, 1.82) is 0 Å². The second-order valence-corrected chi connectivity index (χ2v) is 6.73. The Hall–Kier alpha value is -2.31. The van der Waals surface area contributed by atoms with Crippen molar-refractivity contribution in [3.63, 3.8) is 0 Å². The molecular formula is C17H15ClN2O3S. The number of aromatic carboxylic acids is 1. The van der Waals surface area contributed by atoms with E-state index in [-0.39, 0.29) is 16.7 Å². The minimum Gasteiger partial charge on any atom is -0.478 e. The third-order valence-corrected chi connectivity index (χ3v) is 4.41. The highest BCUT2D eigenvalue weighted by molar-refractivity contribution is 8.00. The number of rotatable bonds is 6. The maximum atomic E-state index is 12.0. The molecule has 2 aromatic carbocycles. The standard InChI is InChI=1S/C17H15ClN2O3S/c1-11(24-15-8-6-14(18)7-9-15)16(21)20-19-10-12-2-4-13(5-3-12)17(22)23/h2-11H,1H3,(H,20,21)(H,22,23)/b19-10-/t11-/m0/s1. The monoisotopic (exact) mass is 362 g/mol. The van der Waals surface area contributed by atoms with Gasteiger partial charge in [-0.25, -0.2) is 10.2 Å². The average Bonchev–Trinajstić information content (AvgIpc) is 2.57. The van der Waals surface area contributed by atoms with Gasteiger partial charge in [-0.1, -0.05) is 23.7 Å². The van der Waals surface area contributed by atoms with Gasteiger partial charge in [-0.05, 0) is 48.9 Å². The molecule has 0 aliphatic carbocycles. The molecule has 0 heterocycles. The summed E-state index contributed by atoms with van der Waals surface area (Å²) in [6, 6.07) is 13.4. The maximum absolute atomic E-state index is 12.0. The van der Waals surface area contributed by atoms with Crippen LogP contribution in [0.3, 0.4) is 0 Å². The zero-order chi connectivity index (χ0) is 17.5. The lowest BCUT2D eigenvalue weighted by Gasteiger charge is -2.09. The van der Waals surface area contributed by atoms with Crippen LogP contribution in [0.2, 0.25) is 5.02 Å². The zero-order valence-corrected chi connectivity index (χ0v) is 14.3. The number of carboxylic acid groups (broad SMARTS) is 1. The predicted molar refractivity (Wildman–Crippen MR) is 95.9 cm³/mol. The highest BCUT2D eigenvalue weighted by Gasteiger charge is 2.13. The van der Waals surface area contributed by atoms with Gasteiger partial charge < -0.3 is 5.11 Å². The second-order valence-electron chi connectivity index (χ2n) is 4.88. The lowest BCUT2D eigenvalue weighted by Crippen LogP contribution is -2.26. The van der Waals surface area contributed by atoms with Crippen LogP contribution in [0.5, 0.6) is 0 Å². The number of halogens is 1. The van der Waals surface area contributed by atoms with Gasteiger partial charge in [0.1, 0.15) is 0 Å². The van der Waals surface area contributed by atoms with Gasteiger partial charge >= 0.3 is 5.97 Å². The number of carboxylic acids is 1. The number of carbonyl (C=O) groups excluding carboxylic acids is 1. The van der Waals surface area contributed by atoms with Gasteiger partial charge in [0.15, 0.2) is 0 Å². The van der Waals surface area contributed by atoms with Gasteiger partial charge in [-0.2, -0.15) is 5.10 Å². The summed E-state index contributed by atoms with van der Waals surface area (Å²) in [5, 5.41) is 13.0. The molecule has 0 fully saturated rings. The first-order valence-electron chi connectivity index (χ1n) is 7.04.